The minimum atomic E-state index is -2.53. The van der Waals surface area contributed by atoms with E-state index in [0.717, 1.165) is 173 Å². The molecule has 2 atom stereocenters. The van der Waals surface area contributed by atoms with Gasteiger partial charge in [0.2, 0.25) is 5.71 Å². The summed E-state index contributed by atoms with van der Waals surface area (Å²) in [6.07, 6.45) is 17.1. The summed E-state index contributed by atoms with van der Waals surface area (Å²) in [5.74, 6) is 3.72. The van der Waals surface area contributed by atoms with E-state index in [1.54, 1.807) is 37.2 Å². The lowest BCUT2D eigenvalue weighted by Gasteiger charge is -2.25. The molecule has 9 aromatic carbocycles. The van der Waals surface area contributed by atoms with Gasteiger partial charge in [-0.05, 0) is 152 Å². The first-order chi connectivity index (χ1) is 69.0. The zero-order valence-corrected chi connectivity index (χ0v) is 78.7. The molecule has 24 rings (SSSR count). The van der Waals surface area contributed by atoms with E-state index in [1.807, 2.05) is 263 Å². The monoisotopic (exact) mass is 1780 g/mol. The molecule has 5 aliphatic heterocycles. The van der Waals surface area contributed by atoms with Crippen LogP contribution >= 0.6 is 0 Å². The van der Waals surface area contributed by atoms with Crippen LogP contribution in [0.2, 0.25) is 0 Å². The van der Waals surface area contributed by atoms with E-state index in [2.05, 4.69) is 130 Å². The van der Waals surface area contributed by atoms with Crippen molar-refractivity contribution in [3.8, 4) is 0 Å². The zero-order valence-electron chi connectivity index (χ0n) is 90.7. The van der Waals surface area contributed by atoms with Crippen LogP contribution in [0.1, 0.15) is 155 Å². The van der Waals surface area contributed by atoms with Gasteiger partial charge < -0.3 is 71.1 Å². The minimum Gasteiger partial charge on any atom is -0.454 e. The Labute approximate surface area is 790 Å². The van der Waals surface area contributed by atoms with Crippen molar-refractivity contribution in [3.63, 3.8) is 0 Å². The molecule has 0 amide bonds. The van der Waals surface area contributed by atoms with Crippen LogP contribution < -0.4 is 44.1 Å². The number of rotatable bonds is 8. The first kappa shape index (κ1) is 77.2. The number of fused-ring (bicyclic) bond motifs is 19. The third-order valence-electron chi connectivity index (χ3n) is 23.0. The molecule has 132 heavy (non-hydrogen) atoms. The fourth-order valence-corrected chi connectivity index (χ4v) is 17.3. The fourth-order valence-electron chi connectivity index (χ4n) is 17.3. The average Bonchev–Trinajstić information content (AvgIpc) is 1.58. The second-order valence-electron chi connectivity index (χ2n) is 31.1. The molecule has 0 radical (unpaired) electrons. The lowest BCUT2D eigenvalue weighted by molar-refractivity contribution is 0.495. The number of aromatic nitrogens is 8. The normalized spacial score (nSPS) is 15.9. The summed E-state index contributed by atoms with van der Waals surface area (Å²) in [6.45, 7) is 31.1. The number of aryl methyl sites for hydroxylation is 5. The lowest BCUT2D eigenvalue weighted by atomic mass is 10.1. The molecule has 0 N–H and O–H groups in total. The molecule has 19 aromatic rings. The molecule has 23 heteroatoms. The van der Waals surface area contributed by atoms with Gasteiger partial charge in [0.1, 0.15) is 22.3 Å². The molecule has 10 aromatic heterocycles. The van der Waals surface area contributed by atoms with Crippen molar-refractivity contribution in [2.45, 2.75) is 163 Å². The second-order valence-corrected chi connectivity index (χ2v) is 31.1. The molecule has 0 spiro atoms. The highest BCUT2D eigenvalue weighted by molar-refractivity contribution is 6.15. The first-order valence-electron chi connectivity index (χ1n) is 51.2. The van der Waals surface area contributed by atoms with Crippen molar-refractivity contribution in [2.75, 3.05) is 91.5 Å². The van der Waals surface area contributed by atoms with E-state index in [1.165, 1.54) is 46.5 Å². The smallest absolute Gasteiger partial charge is 0.227 e. The number of hydrogen-bond acceptors (Lipinski definition) is 23. The number of furan rings is 5. The van der Waals surface area contributed by atoms with Crippen molar-refractivity contribution in [1.29, 1.82) is 0 Å². The molecule has 15 heterocycles. The van der Waals surface area contributed by atoms with Gasteiger partial charge in [-0.25, -0.2) is 39.9 Å². The number of para-hydroxylation sites is 4. The molecular weight excluding hydrogens is 1640 g/mol. The zero-order chi connectivity index (χ0) is 104. The van der Waals surface area contributed by atoms with Gasteiger partial charge in [-0.3, -0.25) is 0 Å². The summed E-state index contributed by atoms with van der Waals surface area (Å²) in [5, 5.41) is 10.4. The van der Waals surface area contributed by atoms with Crippen molar-refractivity contribution in [1.82, 2.24) is 44.8 Å². The predicted octanol–water partition coefficient (Wildman–Crippen LogP) is 28.5. The third kappa shape index (κ3) is 16.9. The maximum Gasteiger partial charge on any atom is 0.227 e. The molecule has 0 saturated heterocycles. The van der Waals surface area contributed by atoms with Gasteiger partial charge in [0, 0.05) is 160 Å². The summed E-state index contributed by atoms with van der Waals surface area (Å²) < 4.78 is 128. The topological polar surface area (TPSA) is 201 Å². The molecule has 678 valence electrons. The van der Waals surface area contributed by atoms with Gasteiger partial charge in [-0.15, -0.1) is 0 Å². The Morgan fingerprint density at radius 1 is 0.288 bits per heavy atom. The maximum atomic E-state index is 8.64. The van der Waals surface area contributed by atoms with Gasteiger partial charge in [0.05, 0.1) is 71.6 Å². The van der Waals surface area contributed by atoms with Crippen molar-refractivity contribution < 1.29 is 38.5 Å². The Balaban J connectivity index is 0.000000133. The van der Waals surface area contributed by atoms with Gasteiger partial charge in [0.15, 0.2) is 68.6 Å². The van der Waals surface area contributed by atoms with E-state index in [4.69, 9.17) is 38.5 Å². The predicted molar refractivity (Wildman–Crippen MR) is 551 cm³/mol. The van der Waals surface area contributed by atoms with Crippen LogP contribution in [-0.2, 0) is 0 Å². The third-order valence-corrected chi connectivity index (χ3v) is 23.0. The Hall–Kier alpha value is -14.7. The highest BCUT2D eigenvalue weighted by Crippen LogP contribution is 2.51. The first-order valence-corrected chi connectivity index (χ1v) is 45.2. The number of hydrogen-bond donors (Lipinski definition) is 0. The van der Waals surface area contributed by atoms with Gasteiger partial charge in [0.25, 0.3) is 0 Å². The summed E-state index contributed by atoms with van der Waals surface area (Å²) in [6, 6.07) is 55.6. The highest BCUT2D eigenvalue weighted by Gasteiger charge is 2.38. The quantitative estimate of drug-likeness (QED) is 0.139. The van der Waals surface area contributed by atoms with Crippen LogP contribution in [0.3, 0.4) is 0 Å². The van der Waals surface area contributed by atoms with Crippen molar-refractivity contribution >= 4 is 185 Å². The Morgan fingerprint density at radius 2 is 0.606 bits per heavy atom. The highest BCUT2D eigenvalue weighted by atomic mass is 16.4. The SMILES string of the molecule is CC.CC.CC.CC.CC.Cc1ccc2c(oc3ncccc32)c1N1C=CN(C)C1.[2H]C(C)(C)N1CN(c2c(C)ccc3c2oc2ccccc23)c2nccnc21.[2H]C([2H])([2H])C([2H])(C)N1CN(c2c(C)ccc3c2oc2ccccc23)c2cccnc21.[2H]C([2H])([2H])C([2H])(C)N1CN(c2c(C)ccc3c2oc2ccccc23)c2nccnc21.[2H]C([2H])([2H])N1CN(c2c(C)ccc3c2oc2ccccc23)c2nccnc21. The largest absolute Gasteiger partial charge is 0.454 e. The van der Waals surface area contributed by atoms with Gasteiger partial charge in [-0.1, -0.05) is 203 Å². The molecule has 5 aliphatic rings. The standard InChI is InChI=1S/C22H21N3O.2C21H20N4O.C19H16N4O.C16H15N3O.5C2H6/c1-14(2)24-13-25(18-8-6-12-23-22(18)24)20-15(3)10-11-17-16-7-4-5-9-19(16)26-21(17)20;2*1-13(2)24-12-25(21-20(24)22-10-11-23-21)18-14(3)8-9-16-15-6-4-5-7-17(15)26-19(16)18;1-12-7-8-14-13-5-3-4-6-15(13)24-17(14)16(12)23-11-22(2)18-19(23)21-10-9-20-18;1-11-5-6-12-13-4-3-7-17-16(13)20-15(12)14(11)19-9-8-18(2)10-19;5*1-2/h4-12,14H,13H2,1-3H3;2*4-11,13H,12H2,1-3H3;3-10H,11H2,1-2H3;3-9H,10H2,1-2H3;5*1-2H3/i1D3,14D;1D3,13D;13D;2D3;;;;;;. The summed E-state index contributed by atoms with van der Waals surface area (Å²) in [5.41, 5.74) is 18.5. The summed E-state index contributed by atoms with van der Waals surface area (Å²) in [4.78, 5) is 53.8. The molecule has 23 nitrogen and oxygen atoms in total. The molecular formula is C109H122N18O5. The van der Waals surface area contributed by atoms with Crippen molar-refractivity contribution in [2.24, 2.45) is 0 Å². The number of benzene rings is 9. The van der Waals surface area contributed by atoms with Crippen molar-refractivity contribution in [3.05, 3.63) is 272 Å². The van der Waals surface area contributed by atoms with Crippen LogP contribution in [0.4, 0.5) is 74.8 Å². The van der Waals surface area contributed by atoms with E-state index < -0.39 is 38.7 Å². The van der Waals surface area contributed by atoms with E-state index in [-0.39, 0.29) is 20.0 Å². The number of pyridine rings is 2. The van der Waals surface area contributed by atoms with Gasteiger partial charge >= 0.3 is 0 Å². The lowest BCUT2D eigenvalue weighted by Crippen LogP contribution is -2.34. The van der Waals surface area contributed by atoms with Crippen LogP contribution in [0.5, 0.6) is 0 Å². The summed E-state index contributed by atoms with van der Waals surface area (Å²) in [7, 11) is 2.06. The van der Waals surface area contributed by atoms with Gasteiger partial charge in [-0.2, -0.15) is 0 Å². The van der Waals surface area contributed by atoms with Crippen LogP contribution in [0.15, 0.2) is 266 Å². The summed E-state index contributed by atoms with van der Waals surface area (Å²) >= 11 is 0. The molecule has 0 aliphatic carbocycles. The Bertz CT molecular complexity index is 7490. The minimum absolute atomic E-state index is 0.132. The average molecular weight is 1780 g/mol. The van der Waals surface area contributed by atoms with Crippen LogP contribution in [-0.4, -0.2) is 110 Å². The number of anilines is 13. The molecule has 0 bridgehead atoms. The van der Waals surface area contributed by atoms with E-state index in [9.17, 15) is 0 Å². The van der Waals surface area contributed by atoms with E-state index >= 15 is 0 Å². The van der Waals surface area contributed by atoms with Crippen LogP contribution in [0.25, 0.3) is 110 Å². The Kier molecular flexibility index (Phi) is 23.5. The maximum absolute atomic E-state index is 8.64. The molecule has 2 unspecified atom stereocenters. The number of nitrogens with zero attached hydrogens (tertiary/aromatic N) is 18. The fraction of sp³-hybridized carbons (Fsp3) is 0.284. The van der Waals surface area contributed by atoms with Crippen LogP contribution in [0, 0.1) is 34.6 Å². The Morgan fingerprint density at radius 3 is 1.01 bits per heavy atom. The molecule has 0 saturated carbocycles. The molecule has 0 fully saturated rings. The second kappa shape index (κ2) is 40.1. The van der Waals surface area contributed by atoms with E-state index in [0.29, 0.717) is 47.1 Å².